The van der Waals surface area contributed by atoms with Crippen LogP contribution in [0, 0.1) is 5.92 Å². The van der Waals surface area contributed by atoms with Crippen LogP contribution in [0.25, 0.3) is 0 Å². The van der Waals surface area contributed by atoms with Crippen molar-refractivity contribution in [2.45, 2.75) is 69.9 Å². The fourth-order valence-electron chi connectivity index (χ4n) is 3.67. The van der Waals surface area contributed by atoms with Crippen molar-refractivity contribution in [3.63, 3.8) is 0 Å². The average molecular weight is 264 g/mol. The molecule has 0 bridgehead atoms. The number of nitrogens with zero attached hydrogens (tertiary/aromatic N) is 1. The van der Waals surface area contributed by atoms with Crippen LogP contribution in [0.15, 0.2) is 0 Å². The molecular formula is C15H24N2O2. The van der Waals surface area contributed by atoms with E-state index in [0.29, 0.717) is 18.9 Å². The van der Waals surface area contributed by atoms with Crippen molar-refractivity contribution in [3.8, 4) is 0 Å². The van der Waals surface area contributed by atoms with Crippen LogP contribution in [0.4, 0.5) is 0 Å². The molecule has 19 heavy (non-hydrogen) atoms. The lowest BCUT2D eigenvalue weighted by molar-refractivity contribution is -0.140. The Morgan fingerprint density at radius 1 is 1.16 bits per heavy atom. The van der Waals surface area contributed by atoms with Gasteiger partial charge in [-0.1, -0.05) is 19.3 Å². The number of carbonyl (C=O) groups is 2. The van der Waals surface area contributed by atoms with Crippen molar-refractivity contribution in [2.75, 3.05) is 6.54 Å². The summed E-state index contributed by atoms with van der Waals surface area (Å²) in [7, 11) is 0. The second-order valence-electron chi connectivity index (χ2n) is 6.68. The van der Waals surface area contributed by atoms with Gasteiger partial charge in [-0.15, -0.1) is 0 Å². The van der Waals surface area contributed by atoms with E-state index in [9.17, 15) is 9.59 Å². The Bertz CT molecular complexity index is 384. The lowest BCUT2D eigenvalue weighted by Crippen LogP contribution is -2.55. The van der Waals surface area contributed by atoms with E-state index in [4.69, 9.17) is 0 Å². The minimum absolute atomic E-state index is 0.0191. The van der Waals surface area contributed by atoms with Gasteiger partial charge in [-0.3, -0.25) is 9.59 Å². The molecule has 0 radical (unpaired) electrons. The Morgan fingerprint density at radius 3 is 2.47 bits per heavy atom. The molecule has 0 aromatic carbocycles. The highest BCUT2D eigenvalue weighted by Crippen LogP contribution is 2.38. The van der Waals surface area contributed by atoms with Crippen molar-refractivity contribution in [3.05, 3.63) is 0 Å². The number of carbonyl (C=O) groups excluding carboxylic acids is 2. The van der Waals surface area contributed by atoms with Gasteiger partial charge in [-0.05, 0) is 38.5 Å². The lowest BCUT2D eigenvalue weighted by atomic mass is 9.81. The van der Waals surface area contributed by atoms with Crippen LogP contribution in [0.2, 0.25) is 0 Å². The van der Waals surface area contributed by atoms with Gasteiger partial charge < -0.3 is 10.2 Å². The first-order chi connectivity index (χ1) is 9.10. The normalized spacial score (nSPS) is 31.8. The molecule has 1 N–H and O–H groups in total. The summed E-state index contributed by atoms with van der Waals surface area (Å²) in [6.45, 7) is 2.81. The van der Waals surface area contributed by atoms with Gasteiger partial charge in [0.15, 0.2) is 0 Å². The summed E-state index contributed by atoms with van der Waals surface area (Å²) in [5.41, 5.74) is -0.0191. The summed E-state index contributed by atoms with van der Waals surface area (Å²) in [5, 5.41) is 2.95. The molecule has 4 nitrogen and oxygen atoms in total. The molecule has 106 valence electrons. The molecule has 0 aromatic heterocycles. The van der Waals surface area contributed by atoms with E-state index >= 15 is 0 Å². The van der Waals surface area contributed by atoms with Gasteiger partial charge in [0.25, 0.3) is 0 Å². The summed E-state index contributed by atoms with van der Waals surface area (Å²) in [4.78, 5) is 26.6. The van der Waals surface area contributed by atoms with E-state index in [2.05, 4.69) is 12.2 Å². The van der Waals surface area contributed by atoms with Crippen molar-refractivity contribution >= 4 is 11.8 Å². The maximum absolute atomic E-state index is 12.8. The maximum atomic E-state index is 12.8. The highest BCUT2D eigenvalue weighted by atomic mass is 16.2. The van der Waals surface area contributed by atoms with Crippen LogP contribution < -0.4 is 5.32 Å². The van der Waals surface area contributed by atoms with E-state index in [-0.39, 0.29) is 23.4 Å². The quantitative estimate of drug-likeness (QED) is 0.827. The monoisotopic (exact) mass is 264 g/mol. The molecule has 3 fully saturated rings. The summed E-state index contributed by atoms with van der Waals surface area (Å²) in [6, 6.07) is -0.242. The zero-order valence-electron chi connectivity index (χ0n) is 11.8. The molecule has 1 aliphatic heterocycles. The van der Waals surface area contributed by atoms with Gasteiger partial charge in [-0.25, -0.2) is 0 Å². The van der Waals surface area contributed by atoms with E-state index < -0.39 is 0 Å². The van der Waals surface area contributed by atoms with Crippen LogP contribution in [0.3, 0.4) is 0 Å². The molecule has 1 atom stereocenters. The lowest BCUT2D eigenvalue weighted by Gasteiger charge is -2.44. The standard InChI is InChI=1S/C15H24N2O2/c1-15(8-3-2-4-9-15)17-10-7-12(18)16-13(14(17)19)11-5-6-11/h11,13H,2-10H2,1H3,(H,16,18). The van der Waals surface area contributed by atoms with Crippen LogP contribution in [0.5, 0.6) is 0 Å². The molecular weight excluding hydrogens is 240 g/mol. The van der Waals surface area contributed by atoms with Crippen molar-refractivity contribution in [2.24, 2.45) is 5.92 Å². The van der Waals surface area contributed by atoms with Gasteiger partial charge >= 0.3 is 0 Å². The first-order valence-electron chi connectivity index (χ1n) is 7.71. The minimum atomic E-state index is -0.242. The van der Waals surface area contributed by atoms with Crippen molar-refractivity contribution in [1.82, 2.24) is 10.2 Å². The Labute approximate surface area is 114 Å². The van der Waals surface area contributed by atoms with Gasteiger partial charge in [0, 0.05) is 18.5 Å². The van der Waals surface area contributed by atoms with E-state index in [1.165, 1.54) is 19.3 Å². The average Bonchev–Trinajstić information content (AvgIpc) is 3.20. The molecule has 1 unspecified atom stereocenters. The molecule has 1 saturated heterocycles. The third kappa shape index (κ3) is 2.49. The van der Waals surface area contributed by atoms with E-state index in [0.717, 1.165) is 25.7 Å². The summed E-state index contributed by atoms with van der Waals surface area (Å²) >= 11 is 0. The number of nitrogens with one attached hydrogen (secondary N) is 1. The Morgan fingerprint density at radius 2 is 1.84 bits per heavy atom. The number of rotatable bonds is 2. The molecule has 2 amide bonds. The molecule has 4 heteroatoms. The largest absolute Gasteiger partial charge is 0.344 e. The third-order valence-corrected chi connectivity index (χ3v) is 5.09. The second-order valence-corrected chi connectivity index (χ2v) is 6.68. The summed E-state index contributed by atoms with van der Waals surface area (Å²) < 4.78 is 0. The van der Waals surface area contributed by atoms with E-state index in [1.807, 2.05) is 4.90 Å². The molecule has 3 aliphatic rings. The fraction of sp³-hybridized carbons (Fsp3) is 0.867. The summed E-state index contributed by atoms with van der Waals surface area (Å²) in [5.74, 6) is 0.620. The highest BCUT2D eigenvalue weighted by Gasteiger charge is 2.45. The molecule has 0 spiro atoms. The van der Waals surface area contributed by atoms with Crippen molar-refractivity contribution in [1.29, 1.82) is 0 Å². The number of hydrogen-bond donors (Lipinski definition) is 1. The predicted octanol–water partition coefficient (Wildman–Crippen LogP) is 1.84. The van der Waals surface area contributed by atoms with Gasteiger partial charge in [0.1, 0.15) is 6.04 Å². The van der Waals surface area contributed by atoms with Crippen LogP contribution in [-0.4, -0.2) is 34.8 Å². The minimum Gasteiger partial charge on any atom is -0.344 e. The fourth-order valence-corrected chi connectivity index (χ4v) is 3.67. The predicted molar refractivity (Wildman–Crippen MR) is 72.5 cm³/mol. The molecule has 0 aromatic rings. The number of hydrogen-bond acceptors (Lipinski definition) is 2. The molecule has 2 saturated carbocycles. The van der Waals surface area contributed by atoms with Crippen LogP contribution in [-0.2, 0) is 9.59 Å². The first-order valence-corrected chi connectivity index (χ1v) is 7.71. The molecule has 3 rings (SSSR count). The SMILES string of the molecule is CC1(N2CCC(=O)NC(C3CC3)C2=O)CCCCC1. The van der Waals surface area contributed by atoms with Gasteiger partial charge in [0.05, 0.1) is 0 Å². The zero-order chi connectivity index (χ0) is 13.5. The molecule has 2 aliphatic carbocycles. The maximum Gasteiger partial charge on any atom is 0.245 e. The van der Waals surface area contributed by atoms with Crippen molar-refractivity contribution < 1.29 is 9.59 Å². The Hall–Kier alpha value is -1.06. The van der Waals surface area contributed by atoms with Gasteiger partial charge in [-0.2, -0.15) is 0 Å². The topological polar surface area (TPSA) is 49.4 Å². The Kier molecular flexibility index (Phi) is 3.27. The Balaban J connectivity index is 1.82. The highest BCUT2D eigenvalue weighted by molar-refractivity contribution is 5.91. The van der Waals surface area contributed by atoms with E-state index in [1.54, 1.807) is 0 Å². The summed E-state index contributed by atoms with van der Waals surface area (Å²) in [6.07, 6.45) is 8.49. The van der Waals surface area contributed by atoms with Crippen LogP contribution >= 0.6 is 0 Å². The zero-order valence-corrected chi connectivity index (χ0v) is 11.8. The number of amides is 2. The third-order valence-electron chi connectivity index (χ3n) is 5.09. The molecule has 1 heterocycles. The smallest absolute Gasteiger partial charge is 0.245 e. The first kappa shape index (κ1) is 12.9. The second kappa shape index (κ2) is 4.80. The van der Waals surface area contributed by atoms with Gasteiger partial charge in [0.2, 0.25) is 11.8 Å². The van der Waals surface area contributed by atoms with Crippen LogP contribution in [0.1, 0.15) is 58.3 Å².